The van der Waals surface area contributed by atoms with E-state index in [1.165, 1.54) is 0 Å². The van der Waals surface area contributed by atoms with E-state index in [-0.39, 0.29) is 5.91 Å². The number of nitrogens with zero attached hydrogens (tertiary/aromatic N) is 1. The molecule has 1 aromatic rings. The smallest absolute Gasteiger partial charge is 0.251 e. The summed E-state index contributed by atoms with van der Waals surface area (Å²) in [6.07, 6.45) is 1.76. The van der Waals surface area contributed by atoms with Gasteiger partial charge >= 0.3 is 0 Å². The Morgan fingerprint density at radius 1 is 1.45 bits per heavy atom. The fraction of sp³-hybridized carbons (Fsp3) is 0.571. The Labute approximate surface area is 120 Å². The maximum absolute atomic E-state index is 12.2. The number of amides is 1. The molecule has 6 nitrogen and oxygen atoms in total. The van der Waals surface area contributed by atoms with Crippen LogP contribution in [0.25, 0.3) is 0 Å². The number of aromatic nitrogens is 1. The highest BCUT2D eigenvalue weighted by molar-refractivity contribution is 5.95. The molecule has 0 atom stereocenters. The largest absolute Gasteiger partial charge is 0.377 e. The number of nitrogens with two attached hydrogens (primary N) is 1. The number of carbonyl (C=O) groups excluding carboxylic acids is 1. The minimum absolute atomic E-state index is 0.161. The summed E-state index contributed by atoms with van der Waals surface area (Å²) in [5, 5.41) is 2.85. The van der Waals surface area contributed by atoms with E-state index >= 15 is 0 Å². The zero-order valence-corrected chi connectivity index (χ0v) is 12.6. The van der Waals surface area contributed by atoms with Crippen molar-refractivity contribution in [1.82, 2.24) is 10.3 Å². The van der Waals surface area contributed by atoms with Crippen LogP contribution < -0.4 is 16.6 Å². The molecule has 0 saturated carbocycles. The van der Waals surface area contributed by atoms with E-state index in [1.807, 2.05) is 13.8 Å². The van der Waals surface area contributed by atoms with Crippen molar-refractivity contribution in [1.29, 1.82) is 0 Å². The van der Waals surface area contributed by atoms with Crippen LogP contribution in [0.2, 0.25) is 0 Å². The maximum Gasteiger partial charge on any atom is 0.251 e. The predicted octanol–water partition coefficient (Wildman–Crippen LogP) is 1.47. The summed E-state index contributed by atoms with van der Waals surface area (Å²) in [4.78, 5) is 16.5. The van der Waals surface area contributed by atoms with Crippen LogP contribution in [0.3, 0.4) is 0 Å². The molecule has 1 amide bonds. The van der Waals surface area contributed by atoms with E-state index in [9.17, 15) is 4.79 Å². The van der Waals surface area contributed by atoms with Crippen LogP contribution in [0.1, 0.15) is 43.2 Å². The van der Waals surface area contributed by atoms with E-state index in [0.717, 1.165) is 18.5 Å². The minimum atomic E-state index is -0.399. The first-order valence-electron chi connectivity index (χ1n) is 6.72. The van der Waals surface area contributed by atoms with E-state index in [4.69, 9.17) is 10.6 Å². The third kappa shape index (κ3) is 4.79. The first kappa shape index (κ1) is 16.4. The first-order valence-corrected chi connectivity index (χ1v) is 6.72. The number of aryl methyl sites for hydroxylation is 1. The van der Waals surface area contributed by atoms with Crippen molar-refractivity contribution < 1.29 is 9.53 Å². The van der Waals surface area contributed by atoms with Gasteiger partial charge < -0.3 is 15.5 Å². The van der Waals surface area contributed by atoms with Gasteiger partial charge in [0.25, 0.3) is 5.91 Å². The molecule has 0 aliphatic rings. The van der Waals surface area contributed by atoms with Gasteiger partial charge in [0.05, 0.1) is 5.60 Å². The van der Waals surface area contributed by atoms with Crippen molar-refractivity contribution in [3.05, 3.63) is 23.4 Å². The summed E-state index contributed by atoms with van der Waals surface area (Å²) < 4.78 is 5.27. The van der Waals surface area contributed by atoms with E-state index in [0.29, 0.717) is 17.9 Å². The Morgan fingerprint density at radius 3 is 2.70 bits per heavy atom. The molecule has 0 radical (unpaired) electrons. The van der Waals surface area contributed by atoms with Crippen molar-refractivity contribution in [2.24, 2.45) is 5.84 Å². The Balaban J connectivity index is 2.83. The Hall–Kier alpha value is -1.66. The first-order chi connectivity index (χ1) is 9.41. The molecule has 0 bridgehead atoms. The number of nitrogens with one attached hydrogen (secondary N) is 2. The lowest BCUT2D eigenvalue weighted by molar-refractivity contribution is 0.0229. The monoisotopic (exact) mass is 280 g/mol. The highest BCUT2D eigenvalue weighted by atomic mass is 16.5. The highest BCUT2D eigenvalue weighted by Gasteiger charge is 2.18. The lowest BCUT2D eigenvalue weighted by Crippen LogP contribution is -2.39. The van der Waals surface area contributed by atoms with Gasteiger partial charge in [0.2, 0.25) is 0 Å². The van der Waals surface area contributed by atoms with Gasteiger partial charge in [-0.3, -0.25) is 4.79 Å². The Morgan fingerprint density at radius 2 is 2.15 bits per heavy atom. The normalized spacial score (nSPS) is 11.2. The zero-order chi connectivity index (χ0) is 15.2. The van der Waals surface area contributed by atoms with Crippen molar-refractivity contribution in [3.63, 3.8) is 0 Å². The van der Waals surface area contributed by atoms with Crippen molar-refractivity contribution >= 4 is 11.7 Å². The molecule has 4 N–H and O–H groups in total. The van der Waals surface area contributed by atoms with Crippen LogP contribution in [-0.4, -0.2) is 30.1 Å². The molecule has 1 heterocycles. The number of carbonyl (C=O) groups is 1. The average Bonchev–Trinajstić information content (AvgIpc) is 2.44. The summed E-state index contributed by atoms with van der Waals surface area (Å²) in [6.45, 7) is 6.31. The minimum Gasteiger partial charge on any atom is -0.377 e. The molecule has 0 aromatic carbocycles. The number of nitrogen functional groups attached to an aromatic ring is 1. The molecular formula is C14H24N4O2. The number of ether oxygens (including phenoxy) is 1. The fourth-order valence-electron chi connectivity index (χ4n) is 1.64. The molecule has 0 aliphatic heterocycles. The number of rotatable bonds is 7. The topological polar surface area (TPSA) is 89.3 Å². The number of hydrogen-bond donors (Lipinski definition) is 3. The van der Waals surface area contributed by atoms with Gasteiger partial charge in [0.15, 0.2) is 0 Å². The summed E-state index contributed by atoms with van der Waals surface area (Å²) in [5.41, 5.74) is 3.48. The van der Waals surface area contributed by atoms with Crippen LogP contribution in [0, 0.1) is 0 Å². The molecule has 20 heavy (non-hydrogen) atoms. The van der Waals surface area contributed by atoms with Crippen LogP contribution in [0.5, 0.6) is 0 Å². The van der Waals surface area contributed by atoms with Gasteiger partial charge in [-0.2, -0.15) is 0 Å². The number of hydrogen-bond acceptors (Lipinski definition) is 5. The van der Waals surface area contributed by atoms with E-state index in [1.54, 1.807) is 19.2 Å². The number of methoxy groups -OCH3 is 1. The third-order valence-corrected chi connectivity index (χ3v) is 3.02. The van der Waals surface area contributed by atoms with Gasteiger partial charge in [-0.25, -0.2) is 10.8 Å². The quantitative estimate of drug-likeness (QED) is 0.520. The predicted molar refractivity (Wildman–Crippen MR) is 79.5 cm³/mol. The molecular weight excluding hydrogens is 256 g/mol. The third-order valence-electron chi connectivity index (χ3n) is 3.02. The van der Waals surface area contributed by atoms with Gasteiger partial charge in [-0.05, 0) is 32.4 Å². The van der Waals surface area contributed by atoms with Crippen LogP contribution in [-0.2, 0) is 11.2 Å². The highest BCUT2D eigenvalue weighted by Crippen LogP contribution is 2.12. The van der Waals surface area contributed by atoms with Gasteiger partial charge in [-0.15, -0.1) is 0 Å². The SMILES string of the molecule is CCCc1cc(C(=O)NCC(C)(C)OC)cc(NN)n1. The molecule has 112 valence electrons. The number of anilines is 1. The summed E-state index contributed by atoms with van der Waals surface area (Å²) in [7, 11) is 1.62. The molecule has 0 unspecified atom stereocenters. The van der Waals surface area contributed by atoms with Gasteiger partial charge in [0, 0.05) is 24.9 Å². The number of pyridine rings is 1. The van der Waals surface area contributed by atoms with E-state index < -0.39 is 5.60 Å². The van der Waals surface area contributed by atoms with Crippen molar-refractivity contribution in [2.75, 3.05) is 19.1 Å². The molecule has 1 aromatic heterocycles. The van der Waals surface area contributed by atoms with Crippen molar-refractivity contribution in [2.45, 2.75) is 39.2 Å². The van der Waals surface area contributed by atoms with Gasteiger partial charge in [0.1, 0.15) is 5.82 Å². The second-order valence-electron chi connectivity index (χ2n) is 5.27. The molecule has 0 saturated heterocycles. The fourth-order valence-corrected chi connectivity index (χ4v) is 1.64. The average molecular weight is 280 g/mol. The second kappa shape index (κ2) is 7.21. The van der Waals surface area contributed by atoms with Crippen LogP contribution >= 0.6 is 0 Å². The molecule has 6 heteroatoms. The molecule has 0 spiro atoms. The summed E-state index contributed by atoms with van der Waals surface area (Å²) in [6, 6.07) is 3.42. The molecule has 0 fully saturated rings. The summed E-state index contributed by atoms with van der Waals surface area (Å²) in [5.74, 6) is 5.72. The maximum atomic E-state index is 12.2. The summed E-state index contributed by atoms with van der Waals surface area (Å²) >= 11 is 0. The molecule has 0 aliphatic carbocycles. The van der Waals surface area contributed by atoms with E-state index in [2.05, 4.69) is 22.7 Å². The molecule has 1 rings (SSSR count). The standard InChI is InChI=1S/C14H24N4O2/c1-5-6-11-7-10(8-12(17-11)18-15)13(19)16-9-14(2,3)20-4/h7-8H,5-6,9,15H2,1-4H3,(H,16,19)(H,17,18). The lowest BCUT2D eigenvalue weighted by Gasteiger charge is -2.23. The second-order valence-corrected chi connectivity index (χ2v) is 5.27. The van der Waals surface area contributed by atoms with Crippen molar-refractivity contribution in [3.8, 4) is 0 Å². The van der Waals surface area contributed by atoms with Crippen LogP contribution in [0.4, 0.5) is 5.82 Å². The van der Waals surface area contributed by atoms with Gasteiger partial charge in [-0.1, -0.05) is 13.3 Å². The lowest BCUT2D eigenvalue weighted by atomic mass is 10.1. The Kier molecular flexibility index (Phi) is 5.91. The number of hydrazine groups is 1. The zero-order valence-electron chi connectivity index (χ0n) is 12.6. The van der Waals surface area contributed by atoms with Crippen LogP contribution in [0.15, 0.2) is 12.1 Å². The Bertz CT molecular complexity index is 460.